The monoisotopic (exact) mass is 352 g/mol. The van der Waals surface area contributed by atoms with E-state index in [0.717, 1.165) is 51.4 Å². The Bertz CT molecular complexity index is 746. The van der Waals surface area contributed by atoms with Gasteiger partial charge in [-0.2, -0.15) is 0 Å². The van der Waals surface area contributed by atoms with Gasteiger partial charge in [-0.25, -0.2) is 0 Å². The summed E-state index contributed by atoms with van der Waals surface area (Å²) in [6.07, 6.45) is 2.67. The Labute approximate surface area is 153 Å². The number of hydrogen-bond acceptors (Lipinski definition) is 5. The number of hydrogen-bond donors (Lipinski definition) is 1. The van der Waals surface area contributed by atoms with Crippen molar-refractivity contribution < 1.29 is 9.53 Å². The van der Waals surface area contributed by atoms with Gasteiger partial charge in [0.25, 0.3) is 5.91 Å². The molecule has 6 nitrogen and oxygen atoms in total. The van der Waals surface area contributed by atoms with E-state index in [0.29, 0.717) is 17.5 Å². The van der Waals surface area contributed by atoms with E-state index in [1.165, 1.54) is 0 Å². The fourth-order valence-corrected chi connectivity index (χ4v) is 3.65. The van der Waals surface area contributed by atoms with E-state index in [9.17, 15) is 4.79 Å². The number of piperazine rings is 1. The molecule has 1 aromatic carbocycles. The van der Waals surface area contributed by atoms with Crippen molar-refractivity contribution in [1.29, 1.82) is 0 Å². The molecule has 1 atom stereocenters. The molecule has 1 N–H and O–H groups in total. The molecular formula is C20H24N4O2. The first kappa shape index (κ1) is 17.0. The number of ether oxygens (including phenoxy) is 1. The van der Waals surface area contributed by atoms with Crippen LogP contribution in [0.4, 0.5) is 0 Å². The molecule has 26 heavy (non-hydrogen) atoms. The van der Waals surface area contributed by atoms with Crippen LogP contribution in [0.5, 0.6) is 11.5 Å². The largest absolute Gasteiger partial charge is 0.457 e. The summed E-state index contributed by atoms with van der Waals surface area (Å²) >= 11 is 0. The SMILES string of the molecule is O=C(c1cc(Oc2ccccc2)ccn1)N1CCC(N2CCNCC2)C1. The maximum absolute atomic E-state index is 12.9. The van der Waals surface area contributed by atoms with Gasteiger partial charge >= 0.3 is 0 Å². The van der Waals surface area contributed by atoms with E-state index in [1.54, 1.807) is 18.3 Å². The first-order valence-corrected chi connectivity index (χ1v) is 9.22. The summed E-state index contributed by atoms with van der Waals surface area (Å²) in [5.74, 6) is 1.37. The zero-order valence-corrected chi connectivity index (χ0v) is 14.8. The second-order valence-corrected chi connectivity index (χ2v) is 6.77. The quantitative estimate of drug-likeness (QED) is 0.912. The molecule has 2 fully saturated rings. The zero-order valence-electron chi connectivity index (χ0n) is 14.8. The molecule has 0 spiro atoms. The van der Waals surface area contributed by atoms with Crippen molar-refractivity contribution in [3.63, 3.8) is 0 Å². The highest BCUT2D eigenvalue weighted by Gasteiger charge is 2.31. The van der Waals surface area contributed by atoms with Crippen molar-refractivity contribution in [3.8, 4) is 11.5 Å². The van der Waals surface area contributed by atoms with Gasteiger partial charge in [0.1, 0.15) is 17.2 Å². The molecule has 2 aliphatic heterocycles. The van der Waals surface area contributed by atoms with Crippen LogP contribution in [0, 0.1) is 0 Å². The number of aromatic nitrogens is 1. The maximum atomic E-state index is 12.9. The molecule has 0 saturated carbocycles. The molecule has 2 aliphatic rings. The van der Waals surface area contributed by atoms with Crippen LogP contribution in [-0.4, -0.2) is 66.0 Å². The van der Waals surface area contributed by atoms with Gasteiger partial charge in [-0.3, -0.25) is 14.7 Å². The van der Waals surface area contributed by atoms with Gasteiger partial charge in [0.2, 0.25) is 0 Å². The van der Waals surface area contributed by atoms with Gasteiger partial charge in [0.15, 0.2) is 0 Å². The minimum absolute atomic E-state index is 0.0128. The summed E-state index contributed by atoms with van der Waals surface area (Å²) in [6.45, 7) is 5.76. The standard InChI is InChI=1S/C20H24N4O2/c25-20(24-11-7-16(15-24)23-12-9-21-10-13-23)19-14-18(6-8-22-19)26-17-4-2-1-3-5-17/h1-6,8,14,16,21H,7,9-13,15H2. The van der Waals surface area contributed by atoms with Crippen LogP contribution in [-0.2, 0) is 0 Å². The normalized spacial score (nSPS) is 20.9. The smallest absolute Gasteiger partial charge is 0.272 e. The number of nitrogens with one attached hydrogen (secondary N) is 1. The summed E-state index contributed by atoms with van der Waals surface area (Å²) in [5.41, 5.74) is 0.444. The molecule has 4 rings (SSSR count). The fourth-order valence-electron chi connectivity index (χ4n) is 3.65. The summed E-state index contributed by atoms with van der Waals surface area (Å²) in [6, 6.07) is 13.5. The lowest BCUT2D eigenvalue weighted by atomic mass is 10.2. The third-order valence-electron chi connectivity index (χ3n) is 5.05. The van der Waals surface area contributed by atoms with Gasteiger partial charge < -0.3 is 15.0 Å². The van der Waals surface area contributed by atoms with Crippen molar-refractivity contribution in [3.05, 3.63) is 54.4 Å². The Hall–Kier alpha value is -2.44. The molecule has 0 bridgehead atoms. The average molecular weight is 352 g/mol. The Morgan fingerprint density at radius 2 is 1.88 bits per heavy atom. The fraction of sp³-hybridized carbons (Fsp3) is 0.400. The van der Waals surface area contributed by atoms with E-state index < -0.39 is 0 Å². The van der Waals surface area contributed by atoms with Crippen LogP contribution >= 0.6 is 0 Å². The number of nitrogens with zero attached hydrogens (tertiary/aromatic N) is 3. The average Bonchev–Trinajstić information content (AvgIpc) is 3.19. The van der Waals surface area contributed by atoms with Gasteiger partial charge in [-0.05, 0) is 24.6 Å². The zero-order chi connectivity index (χ0) is 17.8. The van der Waals surface area contributed by atoms with Crippen LogP contribution in [0.2, 0.25) is 0 Å². The minimum atomic E-state index is -0.0128. The van der Waals surface area contributed by atoms with Gasteiger partial charge in [0.05, 0.1) is 0 Å². The number of carbonyl (C=O) groups excluding carboxylic acids is 1. The molecule has 6 heteroatoms. The second-order valence-electron chi connectivity index (χ2n) is 6.77. The lowest BCUT2D eigenvalue weighted by molar-refractivity contribution is 0.0767. The van der Waals surface area contributed by atoms with Crippen molar-refractivity contribution in [2.75, 3.05) is 39.3 Å². The topological polar surface area (TPSA) is 57.7 Å². The second kappa shape index (κ2) is 7.85. The molecule has 136 valence electrons. The number of para-hydroxylation sites is 1. The molecule has 1 aromatic heterocycles. The molecular weight excluding hydrogens is 328 g/mol. The van der Waals surface area contributed by atoms with Gasteiger partial charge in [-0.1, -0.05) is 18.2 Å². The highest BCUT2D eigenvalue weighted by Crippen LogP contribution is 2.23. The third kappa shape index (κ3) is 3.86. The summed E-state index contributed by atoms with van der Waals surface area (Å²) in [4.78, 5) is 21.5. The highest BCUT2D eigenvalue weighted by molar-refractivity contribution is 5.92. The first-order chi connectivity index (χ1) is 12.8. The molecule has 2 aromatic rings. The third-order valence-corrected chi connectivity index (χ3v) is 5.05. The lowest BCUT2D eigenvalue weighted by Crippen LogP contribution is -2.49. The Balaban J connectivity index is 1.41. The van der Waals surface area contributed by atoms with Crippen LogP contribution in [0.25, 0.3) is 0 Å². The lowest BCUT2D eigenvalue weighted by Gasteiger charge is -2.32. The van der Waals surface area contributed by atoms with Crippen molar-refractivity contribution in [1.82, 2.24) is 20.1 Å². The molecule has 1 unspecified atom stereocenters. The number of benzene rings is 1. The molecule has 2 saturated heterocycles. The predicted octanol–water partition coefficient (Wildman–Crippen LogP) is 1.99. The van der Waals surface area contributed by atoms with E-state index >= 15 is 0 Å². The molecule has 0 radical (unpaired) electrons. The Morgan fingerprint density at radius 3 is 2.69 bits per heavy atom. The first-order valence-electron chi connectivity index (χ1n) is 9.22. The van der Waals surface area contributed by atoms with E-state index in [-0.39, 0.29) is 5.91 Å². The number of rotatable bonds is 4. The molecule has 0 aliphatic carbocycles. The number of likely N-dealkylation sites (tertiary alicyclic amines) is 1. The van der Waals surface area contributed by atoms with Crippen LogP contribution < -0.4 is 10.1 Å². The maximum Gasteiger partial charge on any atom is 0.272 e. The summed E-state index contributed by atoms with van der Waals surface area (Å²) in [5, 5.41) is 3.38. The molecule has 1 amide bonds. The molecule has 3 heterocycles. The van der Waals surface area contributed by atoms with Gasteiger partial charge in [-0.15, -0.1) is 0 Å². The Kier molecular flexibility index (Phi) is 5.13. The van der Waals surface area contributed by atoms with E-state index in [1.807, 2.05) is 35.2 Å². The number of pyridine rings is 1. The predicted molar refractivity (Wildman–Crippen MR) is 99.5 cm³/mol. The van der Waals surface area contributed by atoms with Gasteiger partial charge in [0, 0.05) is 57.6 Å². The van der Waals surface area contributed by atoms with E-state index in [2.05, 4.69) is 15.2 Å². The number of amides is 1. The van der Waals surface area contributed by atoms with E-state index in [4.69, 9.17) is 4.74 Å². The highest BCUT2D eigenvalue weighted by atomic mass is 16.5. The Morgan fingerprint density at radius 1 is 1.08 bits per heavy atom. The van der Waals surface area contributed by atoms with Crippen molar-refractivity contribution in [2.45, 2.75) is 12.5 Å². The number of carbonyl (C=O) groups is 1. The van der Waals surface area contributed by atoms with Crippen molar-refractivity contribution >= 4 is 5.91 Å². The van der Waals surface area contributed by atoms with Crippen LogP contribution in [0.1, 0.15) is 16.9 Å². The van der Waals surface area contributed by atoms with Crippen LogP contribution in [0.3, 0.4) is 0 Å². The minimum Gasteiger partial charge on any atom is -0.457 e. The van der Waals surface area contributed by atoms with Crippen molar-refractivity contribution in [2.24, 2.45) is 0 Å². The summed E-state index contributed by atoms with van der Waals surface area (Å²) in [7, 11) is 0. The van der Waals surface area contributed by atoms with Crippen LogP contribution in [0.15, 0.2) is 48.7 Å². The summed E-state index contributed by atoms with van der Waals surface area (Å²) < 4.78 is 5.82.